The molecule has 5 heteroatoms. The first kappa shape index (κ1) is 10.7. The Bertz CT molecular complexity index is 674. The predicted octanol–water partition coefficient (Wildman–Crippen LogP) is 2.02. The van der Waals surface area contributed by atoms with Crippen LogP contribution in [0.1, 0.15) is 18.7 Å². The van der Waals surface area contributed by atoms with Crippen molar-refractivity contribution in [3.63, 3.8) is 0 Å². The minimum Gasteiger partial charge on any atom is -0.369 e. The first-order valence-corrected chi connectivity index (χ1v) is 5.76. The highest BCUT2D eigenvalue weighted by atomic mass is 15.2. The van der Waals surface area contributed by atoms with E-state index in [2.05, 4.69) is 15.0 Å². The molecule has 0 aliphatic heterocycles. The maximum Gasteiger partial charge on any atom is 0.203 e. The highest BCUT2D eigenvalue weighted by molar-refractivity contribution is 5.74. The molecule has 3 aromatic rings. The average Bonchev–Trinajstić information content (AvgIpc) is 2.75. The number of pyridine rings is 2. The topological polar surface area (TPSA) is 69.6 Å². The van der Waals surface area contributed by atoms with Crippen molar-refractivity contribution in [3.8, 4) is 0 Å². The molecular formula is C13H13N5. The fraction of sp³-hybridized carbons (Fsp3) is 0.154. The molecule has 90 valence electrons. The van der Waals surface area contributed by atoms with Gasteiger partial charge in [-0.3, -0.25) is 9.55 Å². The number of rotatable bonds is 2. The van der Waals surface area contributed by atoms with Crippen LogP contribution in [0.2, 0.25) is 0 Å². The quantitative estimate of drug-likeness (QED) is 0.742. The van der Waals surface area contributed by atoms with Gasteiger partial charge in [0.25, 0.3) is 0 Å². The molecule has 2 N–H and O–H groups in total. The zero-order valence-corrected chi connectivity index (χ0v) is 9.99. The van der Waals surface area contributed by atoms with Crippen LogP contribution in [0.15, 0.2) is 42.7 Å². The zero-order valence-electron chi connectivity index (χ0n) is 9.99. The molecular weight excluding hydrogens is 226 g/mol. The van der Waals surface area contributed by atoms with Crippen molar-refractivity contribution >= 4 is 17.1 Å². The standard InChI is InChI=1S/C13H13N5/c1-9(10-5-2-3-7-15-10)18-12-11(17-13(18)14)6-4-8-16-12/h2-9H,1H3,(H2,14,17). The van der Waals surface area contributed by atoms with E-state index >= 15 is 0 Å². The van der Waals surface area contributed by atoms with Crippen LogP contribution >= 0.6 is 0 Å². The molecule has 3 heterocycles. The molecule has 0 fully saturated rings. The molecule has 0 aromatic carbocycles. The lowest BCUT2D eigenvalue weighted by atomic mass is 10.2. The Morgan fingerprint density at radius 3 is 2.72 bits per heavy atom. The molecule has 5 nitrogen and oxygen atoms in total. The van der Waals surface area contributed by atoms with Crippen molar-refractivity contribution in [2.24, 2.45) is 0 Å². The largest absolute Gasteiger partial charge is 0.369 e. The predicted molar refractivity (Wildman–Crippen MR) is 70.0 cm³/mol. The number of nitrogen functional groups attached to an aromatic ring is 1. The summed E-state index contributed by atoms with van der Waals surface area (Å²) in [7, 11) is 0. The third kappa shape index (κ3) is 1.60. The van der Waals surface area contributed by atoms with Gasteiger partial charge in [0.2, 0.25) is 5.95 Å². The molecule has 1 unspecified atom stereocenters. The summed E-state index contributed by atoms with van der Waals surface area (Å²) < 4.78 is 1.90. The molecule has 0 spiro atoms. The molecule has 0 aliphatic rings. The van der Waals surface area contributed by atoms with Gasteiger partial charge in [-0.15, -0.1) is 0 Å². The molecule has 18 heavy (non-hydrogen) atoms. The monoisotopic (exact) mass is 239 g/mol. The number of anilines is 1. The van der Waals surface area contributed by atoms with Gasteiger partial charge in [-0.05, 0) is 31.2 Å². The van der Waals surface area contributed by atoms with Gasteiger partial charge in [-0.25, -0.2) is 9.97 Å². The van der Waals surface area contributed by atoms with Crippen LogP contribution in [-0.2, 0) is 0 Å². The van der Waals surface area contributed by atoms with Crippen molar-refractivity contribution in [3.05, 3.63) is 48.4 Å². The molecule has 0 saturated carbocycles. The normalized spacial score (nSPS) is 12.7. The van der Waals surface area contributed by atoms with E-state index in [1.165, 1.54) is 0 Å². The van der Waals surface area contributed by atoms with Gasteiger partial charge in [0.05, 0.1) is 11.7 Å². The van der Waals surface area contributed by atoms with Crippen molar-refractivity contribution in [1.29, 1.82) is 0 Å². The van der Waals surface area contributed by atoms with Gasteiger partial charge in [-0.2, -0.15) is 0 Å². The number of nitrogens with zero attached hydrogens (tertiary/aromatic N) is 4. The smallest absolute Gasteiger partial charge is 0.203 e. The van der Waals surface area contributed by atoms with E-state index in [1.54, 1.807) is 12.4 Å². The number of aromatic nitrogens is 4. The van der Waals surface area contributed by atoms with Crippen LogP contribution in [0, 0.1) is 0 Å². The molecule has 3 rings (SSSR count). The number of nitrogens with two attached hydrogens (primary N) is 1. The van der Waals surface area contributed by atoms with Gasteiger partial charge >= 0.3 is 0 Å². The zero-order chi connectivity index (χ0) is 12.5. The minimum atomic E-state index is 0.00565. The van der Waals surface area contributed by atoms with Gasteiger partial charge in [-0.1, -0.05) is 6.07 Å². The maximum atomic E-state index is 5.98. The molecule has 0 bridgehead atoms. The Labute approximate surface area is 104 Å². The molecule has 0 amide bonds. The fourth-order valence-corrected chi connectivity index (χ4v) is 2.08. The van der Waals surface area contributed by atoms with Gasteiger partial charge in [0.15, 0.2) is 5.65 Å². The highest BCUT2D eigenvalue weighted by Gasteiger charge is 2.16. The highest BCUT2D eigenvalue weighted by Crippen LogP contribution is 2.24. The van der Waals surface area contributed by atoms with Gasteiger partial charge in [0, 0.05) is 12.4 Å². The number of hydrogen-bond acceptors (Lipinski definition) is 4. The summed E-state index contributed by atoms with van der Waals surface area (Å²) in [4.78, 5) is 13.0. The summed E-state index contributed by atoms with van der Waals surface area (Å²) in [6.45, 7) is 2.04. The van der Waals surface area contributed by atoms with Crippen LogP contribution in [0.4, 0.5) is 5.95 Å². The summed E-state index contributed by atoms with van der Waals surface area (Å²) in [5.41, 5.74) is 8.50. The summed E-state index contributed by atoms with van der Waals surface area (Å²) in [6, 6.07) is 9.58. The van der Waals surface area contributed by atoms with Gasteiger partial charge in [0.1, 0.15) is 5.52 Å². The molecule has 0 aliphatic carbocycles. The van der Waals surface area contributed by atoms with Crippen LogP contribution in [0.25, 0.3) is 11.2 Å². The third-order valence-corrected chi connectivity index (χ3v) is 2.98. The number of hydrogen-bond donors (Lipinski definition) is 1. The molecule has 1 atom stereocenters. The molecule has 0 saturated heterocycles. The lowest BCUT2D eigenvalue weighted by molar-refractivity contribution is 0.642. The first-order valence-electron chi connectivity index (χ1n) is 5.76. The Hall–Kier alpha value is -2.43. The van der Waals surface area contributed by atoms with Crippen LogP contribution < -0.4 is 5.73 Å². The summed E-state index contributed by atoms with van der Waals surface area (Å²) in [5, 5.41) is 0. The second-order valence-corrected chi connectivity index (χ2v) is 4.12. The van der Waals surface area contributed by atoms with Crippen LogP contribution in [0.3, 0.4) is 0 Å². The Morgan fingerprint density at radius 1 is 1.11 bits per heavy atom. The van der Waals surface area contributed by atoms with E-state index in [9.17, 15) is 0 Å². The van der Waals surface area contributed by atoms with Crippen molar-refractivity contribution < 1.29 is 0 Å². The van der Waals surface area contributed by atoms with E-state index in [0.717, 1.165) is 16.9 Å². The molecule has 0 radical (unpaired) electrons. The summed E-state index contributed by atoms with van der Waals surface area (Å²) in [6.07, 6.45) is 3.51. The maximum absolute atomic E-state index is 5.98. The Balaban J connectivity index is 2.17. The first-order chi connectivity index (χ1) is 8.77. The van der Waals surface area contributed by atoms with Crippen LogP contribution in [0.5, 0.6) is 0 Å². The van der Waals surface area contributed by atoms with Gasteiger partial charge < -0.3 is 5.73 Å². The SMILES string of the molecule is CC(c1ccccn1)n1c(N)nc2cccnc21. The van der Waals surface area contributed by atoms with E-state index in [4.69, 9.17) is 5.73 Å². The second-order valence-electron chi connectivity index (χ2n) is 4.12. The summed E-state index contributed by atoms with van der Waals surface area (Å²) in [5.74, 6) is 0.460. The van der Waals surface area contributed by atoms with Crippen LogP contribution in [-0.4, -0.2) is 19.5 Å². The van der Waals surface area contributed by atoms with E-state index in [1.807, 2.05) is 41.8 Å². The lowest BCUT2D eigenvalue weighted by Gasteiger charge is -2.14. The number of fused-ring (bicyclic) bond motifs is 1. The summed E-state index contributed by atoms with van der Waals surface area (Å²) >= 11 is 0. The fourth-order valence-electron chi connectivity index (χ4n) is 2.08. The lowest BCUT2D eigenvalue weighted by Crippen LogP contribution is -2.11. The second kappa shape index (κ2) is 4.10. The molecule has 3 aromatic heterocycles. The van der Waals surface area contributed by atoms with E-state index in [-0.39, 0.29) is 6.04 Å². The average molecular weight is 239 g/mol. The number of imidazole rings is 1. The van der Waals surface area contributed by atoms with Crippen molar-refractivity contribution in [1.82, 2.24) is 19.5 Å². The minimum absolute atomic E-state index is 0.00565. The van der Waals surface area contributed by atoms with E-state index < -0.39 is 0 Å². The van der Waals surface area contributed by atoms with Crippen molar-refractivity contribution in [2.75, 3.05) is 5.73 Å². The third-order valence-electron chi connectivity index (χ3n) is 2.98. The Morgan fingerprint density at radius 2 is 1.94 bits per heavy atom. The van der Waals surface area contributed by atoms with Crippen molar-refractivity contribution in [2.45, 2.75) is 13.0 Å². The van der Waals surface area contributed by atoms with E-state index in [0.29, 0.717) is 5.95 Å². The Kier molecular flexibility index (Phi) is 2.44.